The Balaban J connectivity index is 2.19. The van der Waals surface area contributed by atoms with Gasteiger partial charge >= 0.3 is 11.9 Å². The predicted octanol–water partition coefficient (Wildman–Crippen LogP) is 3.33. The van der Waals surface area contributed by atoms with E-state index in [4.69, 9.17) is 4.74 Å². The molecule has 0 fully saturated rings. The SMILES string of the molecule is CC(=O)OC(=O)c1cn(-c2ccccc2)c2ccccc12. The molecule has 0 aliphatic carbocycles. The Morgan fingerprint density at radius 1 is 0.952 bits per heavy atom. The molecule has 2 aromatic carbocycles. The standard InChI is InChI=1S/C17H13NO3/c1-12(19)21-17(20)15-11-18(13-7-3-2-4-8-13)16-10-6-5-9-14(15)16/h2-11H,1H3. The molecule has 4 heteroatoms. The zero-order chi connectivity index (χ0) is 14.8. The first-order valence-electron chi connectivity index (χ1n) is 6.55. The van der Waals surface area contributed by atoms with Crippen LogP contribution >= 0.6 is 0 Å². The Bertz CT molecular complexity index is 818. The van der Waals surface area contributed by atoms with Crippen molar-refractivity contribution in [3.63, 3.8) is 0 Å². The summed E-state index contributed by atoms with van der Waals surface area (Å²) < 4.78 is 6.61. The van der Waals surface area contributed by atoms with Gasteiger partial charge in [-0.1, -0.05) is 36.4 Å². The van der Waals surface area contributed by atoms with Crippen LogP contribution < -0.4 is 0 Å². The summed E-state index contributed by atoms with van der Waals surface area (Å²) in [4.78, 5) is 23.0. The Hall–Kier alpha value is -2.88. The van der Waals surface area contributed by atoms with E-state index in [1.165, 1.54) is 6.92 Å². The molecule has 21 heavy (non-hydrogen) atoms. The number of hydrogen-bond donors (Lipinski definition) is 0. The lowest BCUT2D eigenvalue weighted by Gasteiger charge is -2.04. The summed E-state index contributed by atoms with van der Waals surface area (Å²) in [7, 11) is 0. The van der Waals surface area contributed by atoms with E-state index in [2.05, 4.69) is 0 Å². The van der Waals surface area contributed by atoms with Crippen molar-refractivity contribution in [3.8, 4) is 5.69 Å². The normalized spacial score (nSPS) is 10.5. The van der Waals surface area contributed by atoms with Gasteiger partial charge in [0.1, 0.15) is 0 Å². The van der Waals surface area contributed by atoms with Gasteiger partial charge in [0, 0.05) is 24.2 Å². The van der Waals surface area contributed by atoms with Crippen LogP contribution in [0.2, 0.25) is 0 Å². The van der Waals surface area contributed by atoms with Gasteiger partial charge in [-0.3, -0.25) is 4.79 Å². The number of esters is 2. The lowest BCUT2D eigenvalue weighted by atomic mass is 10.2. The third kappa shape index (κ3) is 2.43. The Labute approximate surface area is 121 Å². The van der Waals surface area contributed by atoms with Crippen LogP contribution in [-0.2, 0) is 9.53 Å². The monoisotopic (exact) mass is 279 g/mol. The van der Waals surface area contributed by atoms with Crippen LogP contribution in [0.3, 0.4) is 0 Å². The van der Waals surface area contributed by atoms with Gasteiger partial charge in [0.2, 0.25) is 0 Å². The van der Waals surface area contributed by atoms with E-state index in [0.29, 0.717) is 5.56 Å². The summed E-state index contributed by atoms with van der Waals surface area (Å²) in [6, 6.07) is 17.2. The minimum atomic E-state index is -0.631. The third-order valence-electron chi connectivity index (χ3n) is 3.20. The molecule has 0 bridgehead atoms. The van der Waals surface area contributed by atoms with E-state index in [0.717, 1.165) is 16.6 Å². The van der Waals surface area contributed by atoms with Gasteiger partial charge in [-0.25, -0.2) is 4.79 Å². The summed E-state index contributed by atoms with van der Waals surface area (Å²) in [6.45, 7) is 1.22. The highest BCUT2D eigenvalue weighted by Crippen LogP contribution is 2.25. The molecule has 0 amide bonds. The van der Waals surface area contributed by atoms with Crippen molar-refractivity contribution in [2.75, 3.05) is 0 Å². The molecule has 1 aromatic heterocycles. The molecule has 104 valence electrons. The second-order valence-electron chi connectivity index (χ2n) is 4.65. The van der Waals surface area contributed by atoms with E-state index < -0.39 is 11.9 Å². The molecule has 4 nitrogen and oxygen atoms in total. The van der Waals surface area contributed by atoms with Crippen molar-refractivity contribution >= 4 is 22.8 Å². The topological polar surface area (TPSA) is 48.3 Å². The molecule has 3 aromatic rings. The Morgan fingerprint density at radius 3 is 2.33 bits per heavy atom. The summed E-state index contributed by atoms with van der Waals surface area (Å²) >= 11 is 0. The lowest BCUT2D eigenvalue weighted by molar-refractivity contribution is -0.135. The molecule has 0 radical (unpaired) electrons. The molecule has 0 unspecified atom stereocenters. The summed E-state index contributed by atoms with van der Waals surface area (Å²) in [5.74, 6) is -1.25. The van der Waals surface area contributed by atoms with Gasteiger partial charge in [-0.05, 0) is 18.2 Å². The smallest absolute Gasteiger partial charge is 0.347 e. The molecular weight excluding hydrogens is 266 g/mol. The number of carbonyl (C=O) groups excluding carboxylic acids is 2. The summed E-state index contributed by atoms with van der Waals surface area (Å²) in [6.07, 6.45) is 1.70. The summed E-state index contributed by atoms with van der Waals surface area (Å²) in [5, 5.41) is 0.757. The minimum Gasteiger partial charge on any atom is -0.390 e. The molecule has 0 N–H and O–H groups in total. The molecule has 0 saturated heterocycles. The van der Waals surface area contributed by atoms with Crippen LogP contribution in [0.1, 0.15) is 17.3 Å². The molecule has 3 rings (SSSR count). The predicted molar refractivity (Wildman–Crippen MR) is 79.4 cm³/mol. The van der Waals surface area contributed by atoms with Gasteiger partial charge in [0.05, 0.1) is 11.1 Å². The number of ether oxygens (including phenoxy) is 1. The third-order valence-corrected chi connectivity index (χ3v) is 3.20. The van der Waals surface area contributed by atoms with Gasteiger partial charge < -0.3 is 9.30 Å². The van der Waals surface area contributed by atoms with Crippen molar-refractivity contribution in [2.24, 2.45) is 0 Å². The van der Waals surface area contributed by atoms with Crippen molar-refractivity contribution in [1.29, 1.82) is 0 Å². The van der Waals surface area contributed by atoms with Gasteiger partial charge in [-0.15, -0.1) is 0 Å². The highest BCUT2D eigenvalue weighted by atomic mass is 16.6. The second kappa shape index (κ2) is 5.25. The number of rotatable bonds is 2. The van der Waals surface area contributed by atoms with Crippen LogP contribution in [-0.4, -0.2) is 16.5 Å². The van der Waals surface area contributed by atoms with Gasteiger partial charge in [0.25, 0.3) is 0 Å². The number of nitrogens with zero attached hydrogens (tertiary/aromatic N) is 1. The van der Waals surface area contributed by atoms with Crippen LogP contribution in [0.5, 0.6) is 0 Å². The van der Waals surface area contributed by atoms with E-state index in [-0.39, 0.29) is 0 Å². The molecule has 1 heterocycles. The molecule has 0 aliphatic heterocycles. The zero-order valence-corrected chi connectivity index (χ0v) is 11.4. The molecule has 0 aliphatic rings. The highest BCUT2D eigenvalue weighted by Gasteiger charge is 2.18. The van der Waals surface area contributed by atoms with E-state index in [1.807, 2.05) is 59.2 Å². The van der Waals surface area contributed by atoms with E-state index in [1.54, 1.807) is 6.20 Å². The van der Waals surface area contributed by atoms with E-state index >= 15 is 0 Å². The largest absolute Gasteiger partial charge is 0.390 e. The van der Waals surface area contributed by atoms with E-state index in [9.17, 15) is 9.59 Å². The maximum absolute atomic E-state index is 12.1. The van der Waals surface area contributed by atoms with Crippen molar-refractivity contribution in [3.05, 3.63) is 66.4 Å². The van der Waals surface area contributed by atoms with Crippen LogP contribution in [0.25, 0.3) is 16.6 Å². The Morgan fingerprint density at radius 2 is 1.62 bits per heavy atom. The van der Waals surface area contributed by atoms with Gasteiger partial charge in [0.15, 0.2) is 0 Å². The molecule has 0 saturated carbocycles. The summed E-state index contributed by atoms with van der Waals surface area (Å²) in [5.41, 5.74) is 2.21. The first-order chi connectivity index (χ1) is 10.2. The fourth-order valence-electron chi connectivity index (χ4n) is 2.33. The quantitative estimate of drug-likeness (QED) is 0.534. The number of hydrogen-bond acceptors (Lipinski definition) is 3. The molecule has 0 atom stereocenters. The minimum absolute atomic E-state index is 0.379. The van der Waals surface area contributed by atoms with Crippen LogP contribution in [0.4, 0.5) is 0 Å². The zero-order valence-electron chi connectivity index (χ0n) is 11.4. The van der Waals surface area contributed by atoms with Crippen molar-refractivity contribution < 1.29 is 14.3 Å². The number of carbonyl (C=O) groups is 2. The second-order valence-corrected chi connectivity index (χ2v) is 4.65. The van der Waals surface area contributed by atoms with Crippen LogP contribution in [0, 0.1) is 0 Å². The Kier molecular flexibility index (Phi) is 3.28. The van der Waals surface area contributed by atoms with Crippen LogP contribution in [0.15, 0.2) is 60.8 Å². The first-order valence-corrected chi connectivity index (χ1v) is 6.55. The number of aromatic nitrogens is 1. The van der Waals surface area contributed by atoms with Gasteiger partial charge in [-0.2, -0.15) is 0 Å². The average molecular weight is 279 g/mol. The maximum atomic E-state index is 12.1. The van der Waals surface area contributed by atoms with Crippen molar-refractivity contribution in [2.45, 2.75) is 6.92 Å². The fourth-order valence-corrected chi connectivity index (χ4v) is 2.33. The average Bonchev–Trinajstić information content (AvgIpc) is 2.87. The highest BCUT2D eigenvalue weighted by molar-refractivity contribution is 6.07. The molecular formula is C17H13NO3. The van der Waals surface area contributed by atoms with Crippen molar-refractivity contribution in [1.82, 2.24) is 4.57 Å². The number of para-hydroxylation sites is 2. The first kappa shape index (κ1) is 13.1. The molecule has 0 spiro atoms. The number of fused-ring (bicyclic) bond motifs is 1. The fraction of sp³-hybridized carbons (Fsp3) is 0.0588. The number of benzene rings is 2. The lowest BCUT2D eigenvalue weighted by Crippen LogP contribution is -2.08. The maximum Gasteiger partial charge on any atom is 0.347 e.